The Morgan fingerprint density at radius 1 is 1.04 bits per heavy atom. The van der Waals surface area contributed by atoms with Gasteiger partial charge >= 0.3 is 0 Å². The first kappa shape index (κ1) is 18.2. The molecule has 2 rings (SSSR count). The zero-order chi connectivity index (χ0) is 17.2. The molecule has 0 aromatic rings. The van der Waals surface area contributed by atoms with Crippen molar-refractivity contribution < 1.29 is 18.0 Å². The Labute approximate surface area is 137 Å². The number of sulfonamides is 1. The van der Waals surface area contributed by atoms with E-state index in [9.17, 15) is 18.0 Å². The van der Waals surface area contributed by atoms with Crippen molar-refractivity contribution in [2.45, 2.75) is 25.8 Å². The highest BCUT2D eigenvalue weighted by Crippen LogP contribution is 2.21. The van der Waals surface area contributed by atoms with Crippen LogP contribution in [0.25, 0.3) is 0 Å². The summed E-state index contributed by atoms with van der Waals surface area (Å²) in [5.74, 6) is -0.887. The number of amides is 2. The first-order chi connectivity index (χ1) is 10.7. The molecule has 2 N–H and O–H groups in total. The third kappa shape index (κ3) is 4.65. The van der Waals surface area contributed by atoms with E-state index in [0.29, 0.717) is 32.7 Å². The molecule has 2 heterocycles. The predicted molar refractivity (Wildman–Crippen MR) is 86.0 cm³/mol. The van der Waals surface area contributed by atoms with E-state index in [1.165, 1.54) is 4.31 Å². The maximum Gasteiger partial charge on any atom is 0.223 e. The standard InChI is InChI=1S/C14H26N4O4S/c1-11(19)16-5-3-13(4-6-16)17-7-8-18(23(2,21)22)10-12(9-17)14(15)20/h12-13H,3-10H2,1-2H3,(H2,15,20). The molecule has 0 saturated carbocycles. The van der Waals surface area contributed by atoms with Crippen molar-refractivity contribution in [1.29, 1.82) is 0 Å². The molecule has 0 bridgehead atoms. The van der Waals surface area contributed by atoms with Crippen LogP contribution in [-0.4, -0.2) is 85.9 Å². The Balaban J connectivity index is 2.05. The van der Waals surface area contributed by atoms with Crippen LogP contribution in [0.2, 0.25) is 0 Å². The van der Waals surface area contributed by atoms with Gasteiger partial charge in [-0.3, -0.25) is 14.5 Å². The summed E-state index contributed by atoms with van der Waals surface area (Å²) >= 11 is 0. The molecule has 1 atom stereocenters. The number of primary amides is 1. The van der Waals surface area contributed by atoms with Crippen molar-refractivity contribution in [1.82, 2.24) is 14.1 Å². The van der Waals surface area contributed by atoms with Gasteiger partial charge in [0.05, 0.1) is 12.2 Å². The Morgan fingerprint density at radius 2 is 1.65 bits per heavy atom. The van der Waals surface area contributed by atoms with E-state index in [1.54, 1.807) is 6.92 Å². The second-order valence-electron chi connectivity index (χ2n) is 6.45. The summed E-state index contributed by atoms with van der Waals surface area (Å²) in [4.78, 5) is 27.1. The van der Waals surface area contributed by atoms with Crippen molar-refractivity contribution >= 4 is 21.8 Å². The fourth-order valence-electron chi connectivity index (χ4n) is 3.37. The molecule has 0 spiro atoms. The van der Waals surface area contributed by atoms with E-state index in [4.69, 9.17) is 5.73 Å². The SMILES string of the molecule is CC(=O)N1CCC(N2CCN(S(C)(=O)=O)CC(C(N)=O)C2)CC1. The normalized spacial score (nSPS) is 26.0. The predicted octanol–water partition coefficient (Wildman–Crippen LogP) is -1.32. The van der Waals surface area contributed by atoms with Gasteiger partial charge in [0.25, 0.3) is 0 Å². The molecule has 2 aliphatic rings. The van der Waals surface area contributed by atoms with Crippen molar-refractivity contribution in [3.05, 3.63) is 0 Å². The molecule has 0 aromatic carbocycles. The molecular weight excluding hydrogens is 320 g/mol. The summed E-state index contributed by atoms with van der Waals surface area (Å²) in [7, 11) is -3.34. The smallest absolute Gasteiger partial charge is 0.223 e. The highest BCUT2D eigenvalue weighted by atomic mass is 32.2. The minimum absolute atomic E-state index is 0.0811. The van der Waals surface area contributed by atoms with Crippen LogP contribution in [0, 0.1) is 5.92 Å². The Bertz CT molecular complexity index is 557. The van der Waals surface area contributed by atoms with Crippen LogP contribution in [-0.2, 0) is 19.6 Å². The molecule has 132 valence electrons. The third-order valence-electron chi connectivity index (χ3n) is 4.81. The summed E-state index contributed by atoms with van der Waals surface area (Å²) in [6.07, 6.45) is 2.83. The lowest BCUT2D eigenvalue weighted by Gasteiger charge is -2.38. The lowest BCUT2D eigenvalue weighted by Crippen LogP contribution is -2.48. The first-order valence-corrected chi connectivity index (χ1v) is 9.77. The van der Waals surface area contributed by atoms with Gasteiger partial charge in [-0.05, 0) is 12.8 Å². The Morgan fingerprint density at radius 3 is 2.13 bits per heavy atom. The van der Waals surface area contributed by atoms with Gasteiger partial charge in [-0.1, -0.05) is 0 Å². The number of carbonyl (C=O) groups is 2. The van der Waals surface area contributed by atoms with Gasteiger partial charge in [0.2, 0.25) is 21.8 Å². The molecule has 2 fully saturated rings. The zero-order valence-corrected chi connectivity index (χ0v) is 14.6. The highest BCUT2D eigenvalue weighted by Gasteiger charge is 2.34. The van der Waals surface area contributed by atoms with Crippen LogP contribution in [0.4, 0.5) is 0 Å². The summed E-state index contributed by atoms with van der Waals surface area (Å²) in [5, 5.41) is 0. The summed E-state index contributed by atoms with van der Waals surface area (Å²) in [6.45, 7) is 4.56. The lowest BCUT2D eigenvalue weighted by atomic mass is 10.0. The van der Waals surface area contributed by atoms with Crippen LogP contribution in [0.1, 0.15) is 19.8 Å². The fourth-order valence-corrected chi connectivity index (χ4v) is 4.23. The molecule has 1 unspecified atom stereocenters. The lowest BCUT2D eigenvalue weighted by molar-refractivity contribution is -0.130. The van der Waals surface area contributed by atoms with Gasteiger partial charge in [0.1, 0.15) is 0 Å². The number of nitrogens with zero attached hydrogens (tertiary/aromatic N) is 3. The maximum absolute atomic E-state index is 11.8. The highest BCUT2D eigenvalue weighted by molar-refractivity contribution is 7.88. The minimum atomic E-state index is -3.34. The topological polar surface area (TPSA) is 104 Å². The van der Waals surface area contributed by atoms with Gasteiger partial charge in [-0.2, -0.15) is 0 Å². The van der Waals surface area contributed by atoms with Crippen molar-refractivity contribution in [2.24, 2.45) is 11.7 Å². The molecule has 2 amide bonds. The monoisotopic (exact) mass is 346 g/mol. The number of rotatable bonds is 3. The maximum atomic E-state index is 11.8. The quantitative estimate of drug-likeness (QED) is 0.682. The van der Waals surface area contributed by atoms with E-state index in [-0.39, 0.29) is 18.5 Å². The Hall–Kier alpha value is -1.19. The first-order valence-electron chi connectivity index (χ1n) is 7.92. The molecule has 2 saturated heterocycles. The van der Waals surface area contributed by atoms with Gasteiger partial charge < -0.3 is 10.6 Å². The van der Waals surface area contributed by atoms with Crippen LogP contribution in [0.3, 0.4) is 0 Å². The number of piperidine rings is 1. The molecular formula is C14H26N4O4S. The fraction of sp³-hybridized carbons (Fsp3) is 0.857. The van der Waals surface area contributed by atoms with Crippen LogP contribution < -0.4 is 5.73 Å². The zero-order valence-electron chi connectivity index (χ0n) is 13.8. The number of hydrogen-bond acceptors (Lipinski definition) is 5. The number of hydrogen-bond donors (Lipinski definition) is 1. The average molecular weight is 346 g/mol. The average Bonchev–Trinajstić information content (AvgIpc) is 2.70. The van der Waals surface area contributed by atoms with E-state index in [2.05, 4.69) is 4.90 Å². The van der Waals surface area contributed by atoms with E-state index in [0.717, 1.165) is 19.1 Å². The van der Waals surface area contributed by atoms with Crippen molar-refractivity contribution in [2.75, 3.05) is 45.5 Å². The molecule has 0 aromatic heterocycles. The third-order valence-corrected chi connectivity index (χ3v) is 6.08. The van der Waals surface area contributed by atoms with E-state index >= 15 is 0 Å². The second kappa shape index (κ2) is 7.14. The molecule has 0 radical (unpaired) electrons. The van der Waals surface area contributed by atoms with Crippen LogP contribution in [0.5, 0.6) is 0 Å². The number of likely N-dealkylation sites (tertiary alicyclic amines) is 1. The summed E-state index contributed by atoms with van der Waals surface area (Å²) in [5.41, 5.74) is 5.46. The van der Waals surface area contributed by atoms with Gasteiger partial charge in [-0.15, -0.1) is 0 Å². The van der Waals surface area contributed by atoms with Crippen molar-refractivity contribution in [3.63, 3.8) is 0 Å². The van der Waals surface area contributed by atoms with Crippen molar-refractivity contribution in [3.8, 4) is 0 Å². The van der Waals surface area contributed by atoms with Gasteiger partial charge in [0.15, 0.2) is 0 Å². The largest absolute Gasteiger partial charge is 0.369 e. The molecule has 8 nitrogen and oxygen atoms in total. The molecule has 0 aliphatic carbocycles. The molecule has 2 aliphatic heterocycles. The Kier molecular flexibility index (Phi) is 5.64. The molecule has 9 heteroatoms. The number of nitrogens with two attached hydrogens (primary N) is 1. The van der Waals surface area contributed by atoms with Crippen LogP contribution >= 0.6 is 0 Å². The molecule has 23 heavy (non-hydrogen) atoms. The minimum Gasteiger partial charge on any atom is -0.369 e. The number of carbonyl (C=O) groups excluding carboxylic acids is 2. The summed E-state index contributed by atoms with van der Waals surface area (Å²) < 4.78 is 25.0. The van der Waals surface area contributed by atoms with Gasteiger partial charge in [-0.25, -0.2) is 12.7 Å². The summed E-state index contributed by atoms with van der Waals surface area (Å²) in [6, 6.07) is 0.256. The van der Waals surface area contributed by atoms with Crippen LogP contribution in [0.15, 0.2) is 0 Å². The second-order valence-corrected chi connectivity index (χ2v) is 8.43. The van der Waals surface area contributed by atoms with E-state index < -0.39 is 21.8 Å². The van der Waals surface area contributed by atoms with Gasteiger partial charge in [0, 0.05) is 52.2 Å². The van der Waals surface area contributed by atoms with E-state index in [1.807, 2.05) is 4.90 Å².